The van der Waals surface area contributed by atoms with Gasteiger partial charge in [-0.1, -0.05) is 42.5 Å². The molecule has 1 atom stereocenters. The predicted octanol–water partition coefficient (Wildman–Crippen LogP) is 5.12. The van der Waals surface area contributed by atoms with Crippen molar-refractivity contribution in [3.63, 3.8) is 0 Å². The number of alkyl halides is 1. The summed E-state index contributed by atoms with van der Waals surface area (Å²) in [7, 11) is 0. The Balaban J connectivity index is 1.41. The van der Waals surface area contributed by atoms with Crippen LogP contribution in [-0.2, 0) is 6.61 Å². The number of ether oxygens (including phenoxy) is 3. The van der Waals surface area contributed by atoms with E-state index in [1.807, 2.05) is 60.7 Å². The normalized spacial score (nSPS) is 15.2. The molecular formula is C22H20FNO3. The summed E-state index contributed by atoms with van der Waals surface area (Å²) in [5.41, 5.74) is 3.09. The Hall–Kier alpha value is -3.21. The minimum absolute atomic E-state index is 0.0213. The van der Waals surface area contributed by atoms with Crippen LogP contribution in [0.4, 0.5) is 10.1 Å². The first kappa shape index (κ1) is 17.2. The third-order valence-corrected chi connectivity index (χ3v) is 4.44. The topological polar surface area (TPSA) is 39.7 Å². The van der Waals surface area contributed by atoms with Gasteiger partial charge in [0.2, 0.25) is 6.86 Å². The van der Waals surface area contributed by atoms with Crippen molar-refractivity contribution in [2.75, 3.05) is 18.8 Å². The van der Waals surface area contributed by atoms with E-state index in [2.05, 4.69) is 5.32 Å². The number of fused-ring (bicyclic) bond motifs is 1. The molecule has 0 spiro atoms. The molecule has 0 bridgehead atoms. The van der Waals surface area contributed by atoms with Crippen molar-refractivity contribution in [2.24, 2.45) is 0 Å². The van der Waals surface area contributed by atoms with Gasteiger partial charge < -0.3 is 19.5 Å². The fraction of sp³-hybridized carbons (Fsp3) is 0.182. The summed E-state index contributed by atoms with van der Waals surface area (Å²) in [5.74, 6) is 2.05. The molecule has 4 rings (SSSR count). The number of rotatable bonds is 6. The first-order chi connectivity index (χ1) is 13.3. The van der Waals surface area contributed by atoms with E-state index in [1.54, 1.807) is 12.1 Å². The van der Waals surface area contributed by atoms with E-state index in [-0.39, 0.29) is 6.04 Å². The zero-order chi connectivity index (χ0) is 18.5. The summed E-state index contributed by atoms with van der Waals surface area (Å²) in [5, 5.41) is 3.47. The van der Waals surface area contributed by atoms with E-state index < -0.39 is 6.86 Å². The molecule has 0 aliphatic carbocycles. The van der Waals surface area contributed by atoms with Crippen molar-refractivity contribution >= 4 is 5.69 Å². The number of hydrogen-bond acceptors (Lipinski definition) is 4. The van der Waals surface area contributed by atoms with Crippen molar-refractivity contribution in [3.05, 3.63) is 83.9 Å². The molecule has 3 aromatic carbocycles. The highest BCUT2D eigenvalue weighted by molar-refractivity contribution is 5.61. The number of halogens is 1. The van der Waals surface area contributed by atoms with Crippen LogP contribution in [0.25, 0.3) is 0 Å². The Morgan fingerprint density at radius 1 is 0.926 bits per heavy atom. The van der Waals surface area contributed by atoms with Crippen LogP contribution in [0, 0.1) is 0 Å². The molecule has 4 nitrogen and oxygen atoms in total. The number of nitrogens with one attached hydrogen (secondary N) is 1. The molecule has 5 heteroatoms. The molecular weight excluding hydrogens is 345 g/mol. The van der Waals surface area contributed by atoms with Gasteiger partial charge in [0, 0.05) is 6.07 Å². The lowest BCUT2D eigenvalue weighted by molar-refractivity contribution is 0.191. The first-order valence-corrected chi connectivity index (χ1v) is 8.80. The molecule has 1 heterocycles. The van der Waals surface area contributed by atoms with Gasteiger partial charge in [-0.05, 0) is 35.4 Å². The largest absolute Gasteiger partial charge is 0.489 e. The van der Waals surface area contributed by atoms with Crippen LogP contribution >= 0.6 is 0 Å². The number of hydrogen-bond donors (Lipinski definition) is 1. The van der Waals surface area contributed by atoms with Crippen LogP contribution < -0.4 is 19.5 Å². The summed E-state index contributed by atoms with van der Waals surface area (Å²) >= 11 is 0. The maximum atomic E-state index is 12.2. The molecule has 0 fully saturated rings. The second-order valence-electron chi connectivity index (χ2n) is 6.26. The Morgan fingerprint density at radius 3 is 2.48 bits per heavy atom. The SMILES string of the molecule is FCOc1ccc([C@@H]2COc3cc(OCc4ccccc4)ccc3N2)cc1. The van der Waals surface area contributed by atoms with E-state index in [9.17, 15) is 4.39 Å². The highest BCUT2D eigenvalue weighted by Gasteiger charge is 2.21. The third kappa shape index (κ3) is 4.14. The van der Waals surface area contributed by atoms with Crippen LogP contribution in [-0.4, -0.2) is 13.5 Å². The summed E-state index contributed by atoms with van der Waals surface area (Å²) in [6.45, 7) is 0.188. The van der Waals surface area contributed by atoms with Gasteiger partial charge in [-0.2, -0.15) is 0 Å². The van der Waals surface area contributed by atoms with Crippen LogP contribution in [0.3, 0.4) is 0 Å². The molecule has 27 heavy (non-hydrogen) atoms. The predicted molar refractivity (Wildman–Crippen MR) is 102 cm³/mol. The van der Waals surface area contributed by atoms with Crippen LogP contribution in [0.2, 0.25) is 0 Å². The molecule has 0 saturated carbocycles. The van der Waals surface area contributed by atoms with E-state index in [0.717, 1.165) is 28.3 Å². The van der Waals surface area contributed by atoms with Gasteiger partial charge in [0.05, 0.1) is 11.7 Å². The third-order valence-electron chi connectivity index (χ3n) is 4.44. The number of benzene rings is 3. The molecule has 0 radical (unpaired) electrons. The lowest BCUT2D eigenvalue weighted by atomic mass is 10.1. The second-order valence-corrected chi connectivity index (χ2v) is 6.26. The molecule has 3 aromatic rings. The van der Waals surface area contributed by atoms with Crippen molar-refractivity contribution < 1.29 is 18.6 Å². The van der Waals surface area contributed by atoms with Crippen molar-refractivity contribution in [2.45, 2.75) is 12.6 Å². The van der Waals surface area contributed by atoms with Gasteiger partial charge >= 0.3 is 0 Å². The monoisotopic (exact) mass is 365 g/mol. The van der Waals surface area contributed by atoms with Crippen LogP contribution in [0.1, 0.15) is 17.2 Å². The van der Waals surface area contributed by atoms with E-state index >= 15 is 0 Å². The fourth-order valence-corrected chi connectivity index (χ4v) is 3.01. The minimum Gasteiger partial charge on any atom is -0.489 e. The summed E-state index contributed by atoms with van der Waals surface area (Å²) in [6, 6.07) is 23.2. The zero-order valence-corrected chi connectivity index (χ0v) is 14.7. The molecule has 1 aliphatic rings. The van der Waals surface area contributed by atoms with Crippen LogP contribution in [0.15, 0.2) is 72.8 Å². The molecule has 138 valence electrons. The van der Waals surface area contributed by atoms with Gasteiger partial charge in [-0.3, -0.25) is 0 Å². The summed E-state index contributed by atoms with van der Waals surface area (Å²) in [4.78, 5) is 0. The lowest BCUT2D eigenvalue weighted by Gasteiger charge is -2.28. The fourth-order valence-electron chi connectivity index (χ4n) is 3.01. The highest BCUT2D eigenvalue weighted by atomic mass is 19.1. The van der Waals surface area contributed by atoms with Gasteiger partial charge in [-0.25, -0.2) is 4.39 Å². The number of anilines is 1. The Morgan fingerprint density at radius 2 is 1.70 bits per heavy atom. The zero-order valence-electron chi connectivity index (χ0n) is 14.7. The van der Waals surface area contributed by atoms with Crippen molar-refractivity contribution in [3.8, 4) is 17.2 Å². The quantitative estimate of drug-likeness (QED) is 0.658. The first-order valence-electron chi connectivity index (χ1n) is 8.80. The van der Waals surface area contributed by atoms with E-state index in [1.165, 1.54) is 0 Å². The Kier molecular flexibility index (Phi) is 5.10. The minimum atomic E-state index is -0.827. The standard InChI is InChI=1S/C22H20FNO3/c23-15-27-18-8-6-17(7-9-18)21-14-26-22-12-19(10-11-20(22)24-21)25-13-16-4-2-1-3-5-16/h1-12,21,24H,13-15H2/t21-/m0/s1. The second kappa shape index (κ2) is 7.99. The maximum absolute atomic E-state index is 12.2. The molecule has 1 N–H and O–H groups in total. The molecule has 0 amide bonds. The van der Waals surface area contributed by atoms with Gasteiger partial charge in [0.15, 0.2) is 0 Å². The van der Waals surface area contributed by atoms with Crippen molar-refractivity contribution in [1.29, 1.82) is 0 Å². The molecule has 0 unspecified atom stereocenters. The summed E-state index contributed by atoms with van der Waals surface area (Å²) in [6.07, 6.45) is 0. The maximum Gasteiger partial charge on any atom is 0.228 e. The molecule has 0 saturated heterocycles. The van der Waals surface area contributed by atoms with E-state index in [4.69, 9.17) is 14.2 Å². The van der Waals surface area contributed by atoms with Gasteiger partial charge in [-0.15, -0.1) is 0 Å². The Bertz CT molecular complexity index is 884. The lowest BCUT2D eigenvalue weighted by Crippen LogP contribution is -2.23. The average Bonchev–Trinajstić information content (AvgIpc) is 2.73. The molecule has 1 aliphatic heterocycles. The average molecular weight is 365 g/mol. The smallest absolute Gasteiger partial charge is 0.228 e. The summed E-state index contributed by atoms with van der Waals surface area (Å²) < 4.78 is 28.8. The van der Waals surface area contributed by atoms with Gasteiger partial charge in [0.25, 0.3) is 0 Å². The van der Waals surface area contributed by atoms with E-state index in [0.29, 0.717) is 19.0 Å². The Labute approximate surface area is 157 Å². The van der Waals surface area contributed by atoms with Crippen molar-refractivity contribution in [1.82, 2.24) is 0 Å². The van der Waals surface area contributed by atoms with Gasteiger partial charge in [0.1, 0.15) is 30.5 Å². The molecule has 0 aromatic heterocycles. The van der Waals surface area contributed by atoms with Crippen LogP contribution in [0.5, 0.6) is 17.2 Å². The highest BCUT2D eigenvalue weighted by Crippen LogP contribution is 2.36.